The van der Waals surface area contributed by atoms with Crippen molar-refractivity contribution in [1.29, 1.82) is 0 Å². The minimum absolute atomic E-state index is 0.505. The average molecular weight is 188 g/mol. The molecule has 1 aliphatic rings. The Bertz CT molecular complexity index is 281. The molecule has 1 heterocycles. The Kier molecular flexibility index (Phi) is 2.87. The third kappa shape index (κ3) is 1.69. The molecule has 0 aromatic heterocycles. The summed E-state index contributed by atoms with van der Waals surface area (Å²) in [5.74, 6) is 0. The van der Waals surface area contributed by atoms with E-state index in [0.717, 1.165) is 6.54 Å². The van der Waals surface area contributed by atoms with Crippen LogP contribution in [-0.4, -0.2) is 17.5 Å². The van der Waals surface area contributed by atoms with Gasteiger partial charge in [-0.15, -0.1) is 0 Å². The molecule has 2 atom stereocenters. The molecular weight excluding hydrogens is 170 g/mol. The van der Waals surface area contributed by atoms with Crippen LogP contribution in [0.1, 0.15) is 31.4 Å². The smallest absolute Gasteiger partial charge is 0.0351 e. The Balaban J connectivity index is 2.19. The molecule has 0 saturated carbocycles. The van der Waals surface area contributed by atoms with E-state index in [-0.39, 0.29) is 0 Å². The summed E-state index contributed by atoms with van der Waals surface area (Å²) in [5, 5.41) is 0. The highest BCUT2D eigenvalue weighted by atomic mass is 15.2. The zero-order valence-electron chi connectivity index (χ0n) is 8.82. The number of hydrogen-bond acceptors (Lipinski definition) is 1. The number of benzene rings is 1. The Morgan fingerprint density at radius 3 is 2.64 bits per heavy atom. The number of likely N-dealkylation sites (tertiary alicyclic amines) is 1. The third-order valence-corrected chi connectivity index (χ3v) is 3.19. The summed E-state index contributed by atoms with van der Waals surface area (Å²) >= 11 is 0. The second-order valence-electron chi connectivity index (χ2n) is 3.99. The van der Waals surface area contributed by atoms with Gasteiger partial charge in [-0.3, -0.25) is 4.90 Å². The molecule has 0 bridgehead atoms. The highest BCUT2D eigenvalue weighted by Crippen LogP contribution is 2.34. The average Bonchev–Trinajstić information content (AvgIpc) is 2.61. The van der Waals surface area contributed by atoms with E-state index >= 15 is 0 Å². The van der Waals surface area contributed by atoms with Crippen LogP contribution in [0.2, 0.25) is 0 Å². The van der Waals surface area contributed by atoms with Crippen molar-refractivity contribution < 1.29 is 0 Å². The summed E-state index contributed by atoms with van der Waals surface area (Å²) in [5.41, 5.74) is 1.44. The minimum atomic E-state index is 0.505. The normalized spacial score (nSPS) is 28.1. The van der Waals surface area contributed by atoms with Crippen LogP contribution in [0, 0.1) is 6.92 Å². The molecule has 1 nitrogen and oxygen atoms in total. The van der Waals surface area contributed by atoms with Gasteiger partial charge in [0.25, 0.3) is 0 Å². The first-order valence-corrected chi connectivity index (χ1v) is 5.46. The monoisotopic (exact) mass is 188 g/mol. The number of rotatable bonds is 2. The molecule has 0 spiro atoms. The van der Waals surface area contributed by atoms with Gasteiger partial charge in [-0.1, -0.05) is 37.3 Å². The van der Waals surface area contributed by atoms with Crippen molar-refractivity contribution in [2.45, 2.75) is 31.8 Å². The third-order valence-electron chi connectivity index (χ3n) is 3.19. The molecule has 1 aromatic carbocycles. The van der Waals surface area contributed by atoms with E-state index in [4.69, 9.17) is 0 Å². The Morgan fingerprint density at radius 1 is 1.29 bits per heavy atom. The van der Waals surface area contributed by atoms with Crippen molar-refractivity contribution in [3.8, 4) is 0 Å². The molecule has 14 heavy (non-hydrogen) atoms. The van der Waals surface area contributed by atoms with Crippen molar-refractivity contribution in [2.24, 2.45) is 0 Å². The van der Waals surface area contributed by atoms with Crippen LogP contribution in [-0.2, 0) is 0 Å². The van der Waals surface area contributed by atoms with Crippen LogP contribution in [0.4, 0.5) is 0 Å². The van der Waals surface area contributed by atoms with Gasteiger partial charge in [-0.25, -0.2) is 0 Å². The predicted molar refractivity (Wildman–Crippen MR) is 59.9 cm³/mol. The van der Waals surface area contributed by atoms with Crippen molar-refractivity contribution in [3.05, 3.63) is 42.8 Å². The lowest BCUT2D eigenvalue weighted by molar-refractivity contribution is 0.231. The van der Waals surface area contributed by atoms with Crippen molar-refractivity contribution in [3.63, 3.8) is 0 Å². The van der Waals surface area contributed by atoms with Crippen LogP contribution < -0.4 is 0 Å². The van der Waals surface area contributed by atoms with E-state index in [1.165, 1.54) is 18.4 Å². The number of hydrogen-bond donors (Lipinski definition) is 0. The van der Waals surface area contributed by atoms with Gasteiger partial charge in [-0.05, 0) is 31.9 Å². The molecule has 1 radical (unpaired) electrons. The summed E-state index contributed by atoms with van der Waals surface area (Å²) in [4.78, 5) is 2.50. The largest absolute Gasteiger partial charge is 0.294 e. The highest BCUT2D eigenvalue weighted by molar-refractivity contribution is 5.20. The fourth-order valence-electron chi connectivity index (χ4n) is 2.45. The van der Waals surface area contributed by atoms with E-state index in [1.54, 1.807) is 0 Å². The standard InChI is InChI=1S/C13H18N/c1-3-14-11(2)9-10-13(14)12-7-5-4-6-8-12/h4-8,11,13H,2-3,9-10H2,1H3. The van der Waals surface area contributed by atoms with Gasteiger partial charge >= 0.3 is 0 Å². The van der Waals surface area contributed by atoms with Crippen LogP contribution >= 0.6 is 0 Å². The highest BCUT2D eigenvalue weighted by Gasteiger charge is 2.29. The van der Waals surface area contributed by atoms with E-state index in [2.05, 4.69) is 49.1 Å². The van der Waals surface area contributed by atoms with Gasteiger partial charge in [0.05, 0.1) is 0 Å². The molecule has 1 aromatic rings. The maximum Gasteiger partial charge on any atom is 0.0351 e. The summed E-state index contributed by atoms with van der Waals surface area (Å²) in [6.45, 7) is 7.52. The van der Waals surface area contributed by atoms with Crippen LogP contribution in [0.15, 0.2) is 30.3 Å². The Labute approximate surface area is 86.7 Å². The molecule has 1 aliphatic heterocycles. The molecular formula is C13H18N. The molecule has 1 fully saturated rings. The quantitative estimate of drug-likeness (QED) is 0.689. The van der Waals surface area contributed by atoms with E-state index < -0.39 is 0 Å². The summed E-state index contributed by atoms with van der Waals surface area (Å²) in [6, 6.07) is 11.9. The molecule has 0 aliphatic carbocycles. The van der Waals surface area contributed by atoms with Crippen molar-refractivity contribution in [2.75, 3.05) is 6.54 Å². The van der Waals surface area contributed by atoms with Gasteiger partial charge in [0.15, 0.2) is 0 Å². The lowest BCUT2D eigenvalue weighted by atomic mass is 10.0. The second-order valence-corrected chi connectivity index (χ2v) is 3.99. The zero-order chi connectivity index (χ0) is 9.97. The first-order valence-electron chi connectivity index (χ1n) is 5.46. The van der Waals surface area contributed by atoms with E-state index in [9.17, 15) is 0 Å². The van der Waals surface area contributed by atoms with Gasteiger partial charge in [-0.2, -0.15) is 0 Å². The number of nitrogens with zero attached hydrogens (tertiary/aromatic N) is 1. The molecule has 1 saturated heterocycles. The molecule has 0 N–H and O–H groups in total. The fraction of sp³-hybridized carbons (Fsp3) is 0.462. The van der Waals surface area contributed by atoms with Crippen LogP contribution in [0.3, 0.4) is 0 Å². The fourth-order valence-corrected chi connectivity index (χ4v) is 2.45. The second kappa shape index (κ2) is 4.14. The molecule has 2 rings (SSSR count). The van der Waals surface area contributed by atoms with Crippen LogP contribution in [0.5, 0.6) is 0 Å². The minimum Gasteiger partial charge on any atom is -0.294 e. The first-order chi connectivity index (χ1) is 6.83. The Morgan fingerprint density at radius 2 is 2.00 bits per heavy atom. The topological polar surface area (TPSA) is 3.24 Å². The molecule has 1 heteroatoms. The maximum atomic E-state index is 4.19. The van der Waals surface area contributed by atoms with Crippen molar-refractivity contribution >= 4 is 0 Å². The van der Waals surface area contributed by atoms with Gasteiger partial charge in [0.1, 0.15) is 0 Å². The first kappa shape index (κ1) is 9.72. The SMILES string of the molecule is [CH2]C1CCC(c2ccccc2)N1CC. The summed E-state index contributed by atoms with van der Waals surface area (Å²) < 4.78 is 0. The van der Waals surface area contributed by atoms with E-state index in [0.29, 0.717) is 12.1 Å². The van der Waals surface area contributed by atoms with Gasteiger partial charge in [0.2, 0.25) is 0 Å². The molecule has 0 amide bonds. The molecule has 75 valence electrons. The maximum absolute atomic E-state index is 4.19. The predicted octanol–water partition coefficient (Wildman–Crippen LogP) is 3.05. The lowest BCUT2D eigenvalue weighted by Crippen LogP contribution is -2.29. The van der Waals surface area contributed by atoms with Crippen molar-refractivity contribution in [1.82, 2.24) is 4.90 Å². The summed E-state index contributed by atoms with van der Waals surface area (Å²) in [6.07, 6.45) is 2.49. The van der Waals surface area contributed by atoms with Gasteiger partial charge < -0.3 is 0 Å². The van der Waals surface area contributed by atoms with E-state index in [1.807, 2.05) is 0 Å². The van der Waals surface area contributed by atoms with Gasteiger partial charge in [0, 0.05) is 12.1 Å². The Hall–Kier alpha value is -0.820. The summed E-state index contributed by atoms with van der Waals surface area (Å²) in [7, 11) is 0. The lowest BCUT2D eigenvalue weighted by Gasteiger charge is -2.26. The molecule has 2 unspecified atom stereocenters. The zero-order valence-corrected chi connectivity index (χ0v) is 8.82. The van der Waals surface area contributed by atoms with Crippen LogP contribution in [0.25, 0.3) is 0 Å².